The van der Waals surface area contributed by atoms with E-state index >= 15 is 0 Å². The quantitative estimate of drug-likeness (QED) is 0.250. The van der Waals surface area contributed by atoms with Crippen molar-refractivity contribution in [2.24, 2.45) is 4.99 Å². The third-order valence-corrected chi connectivity index (χ3v) is 6.05. The van der Waals surface area contributed by atoms with Gasteiger partial charge in [0.05, 0.1) is 5.00 Å². The van der Waals surface area contributed by atoms with Gasteiger partial charge in [-0.05, 0) is 54.8 Å². The van der Waals surface area contributed by atoms with Gasteiger partial charge in [-0.3, -0.25) is 4.99 Å². The maximum absolute atomic E-state index is 6.21. The summed E-state index contributed by atoms with van der Waals surface area (Å²) in [5.74, 6) is 0.902. The summed E-state index contributed by atoms with van der Waals surface area (Å²) in [4.78, 5) is 6.84. The minimum Gasteiger partial charge on any atom is -0.363 e. The van der Waals surface area contributed by atoms with Gasteiger partial charge in [0, 0.05) is 37.7 Å². The molecular formula is C20H28ClIN4S. The summed E-state index contributed by atoms with van der Waals surface area (Å²) < 4.78 is 0. The Kier molecular flexibility index (Phi) is 9.72. The van der Waals surface area contributed by atoms with Crippen molar-refractivity contribution in [2.75, 3.05) is 31.6 Å². The number of thiophene rings is 1. The molecule has 148 valence electrons. The summed E-state index contributed by atoms with van der Waals surface area (Å²) in [6.07, 6.45) is 4.28. The Bertz CT molecular complexity index is 700. The second kappa shape index (κ2) is 11.8. The topological polar surface area (TPSA) is 39.7 Å². The van der Waals surface area contributed by atoms with E-state index in [1.165, 1.54) is 10.6 Å². The molecule has 1 aliphatic rings. The molecule has 7 heteroatoms. The number of nitrogens with one attached hydrogen (secondary N) is 2. The Labute approximate surface area is 188 Å². The van der Waals surface area contributed by atoms with Crippen molar-refractivity contribution in [1.82, 2.24) is 10.6 Å². The first-order valence-corrected chi connectivity index (χ1v) is 10.5. The van der Waals surface area contributed by atoms with Crippen LogP contribution >= 0.6 is 46.9 Å². The summed E-state index contributed by atoms with van der Waals surface area (Å²) >= 11 is 8.03. The van der Waals surface area contributed by atoms with E-state index in [9.17, 15) is 0 Å². The zero-order chi connectivity index (χ0) is 18.2. The number of halogens is 2. The molecule has 1 aromatic heterocycles. The van der Waals surface area contributed by atoms with Crippen LogP contribution in [-0.2, 0) is 6.42 Å². The predicted molar refractivity (Wildman–Crippen MR) is 129 cm³/mol. The van der Waals surface area contributed by atoms with E-state index in [0.29, 0.717) is 6.04 Å². The second-order valence-electron chi connectivity index (χ2n) is 6.55. The van der Waals surface area contributed by atoms with Gasteiger partial charge in [0.2, 0.25) is 0 Å². The highest BCUT2D eigenvalue weighted by Gasteiger charge is 2.20. The molecule has 0 bridgehead atoms. The smallest absolute Gasteiger partial charge is 0.191 e. The third-order valence-electron chi connectivity index (χ3n) is 4.75. The molecule has 3 rings (SSSR count). The number of rotatable bonds is 6. The molecule has 0 amide bonds. The monoisotopic (exact) mass is 518 g/mol. The number of nitrogens with zero attached hydrogens (tertiary/aromatic N) is 2. The minimum absolute atomic E-state index is 0. The molecule has 0 saturated carbocycles. The lowest BCUT2D eigenvalue weighted by atomic mass is 10.1. The fourth-order valence-corrected chi connectivity index (χ4v) is 4.28. The summed E-state index contributed by atoms with van der Waals surface area (Å²) in [7, 11) is 1.84. The van der Waals surface area contributed by atoms with Crippen LogP contribution in [0.5, 0.6) is 0 Å². The molecule has 1 aromatic carbocycles. The average Bonchev–Trinajstić information content (AvgIpc) is 3.21. The summed E-state index contributed by atoms with van der Waals surface area (Å²) in [6.45, 7) is 3.09. The van der Waals surface area contributed by atoms with Crippen molar-refractivity contribution in [3.05, 3.63) is 52.4 Å². The van der Waals surface area contributed by atoms with E-state index in [1.807, 2.05) is 36.6 Å². The summed E-state index contributed by atoms with van der Waals surface area (Å²) in [5, 5.41) is 11.4. The van der Waals surface area contributed by atoms with Crippen molar-refractivity contribution in [2.45, 2.75) is 31.7 Å². The number of anilines is 1. The van der Waals surface area contributed by atoms with Gasteiger partial charge in [0.25, 0.3) is 0 Å². The van der Waals surface area contributed by atoms with Gasteiger partial charge in [-0.1, -0.05) is 29.8 Å². The van der Waals surface area contributed by atoms with Gasteiger partial charge in [-0.2, -0.15) is 0 Å². The number of aryl methyl sites for hydroxylation is 1. The van der Waals surface area contributed by atoms with Crippen molar-refractivity contribution in [3.8, 4) is 0 Å². The van der Waals surface area contributed by atoms with Gasteiger partial charge >= 0.3 is 0 Å². The Hall–Kier alpha value is -0.990. The van der Waals surface area contributed by atoms with Crippen LogP contribution in [0.25, 0.3) is 0 Å². The van der Waals surface area contributed by atoms with Crippen LogP contribution < -0.4 is 15.5 Å². The molecule has 1 saturated heterocycles. The second-order valence-corrected chi connectivity index (χ2v) is 7.88. The standard InChI is InChI=1S/C20H27ClN4S.HI/c1-22-20(23-12-4-7-16-6-2-3-8-18(16)21)24-17-10-13-25(14-11-17)19-9-5-15-26-19;/h2-3,5-6,8-9,15,17H,4,7,10-14H2,1H3,(H2,22,23,24);1H. The van der Waals surface area contributed by atoms with Crippen LogP contribution in [-0.4, -0.2) is 38.7 Å². The Balaban J connectivity index is 0.00000261. The molecule has 27 heavy (non-hydrogen) atoms. The number of piperidine rings is 1. The molecule has 2 N–H and O–H groups in total. The van der Waals surface area contributed by atoms with Gasteiger partial charge < -0.3 is 15.5 Å². The van der Waals surface area contributed by atoms with E-state index in [4.69, 9.17) is 11.6 Å². The number of hydrogen-bond donors (Lipinski definition) is 2. The molecule has 4 nitrogen and oxygen atoms in total. The number of benzene rings is 1. The molecule has 0 radical (unpaired) electrons. The Morgan fingerprint density at radius 2 is 2.00 bits per heavy atom. The lowest BCUT2D eigenvalue weighted by molar-refractivity contribution is 0.462. The van der Waals surface area contributed by atoms with Gasteiger partial charge in [-0.25, -0.2) is 0 Å². The number of guanidine groups is 1. The van der Waals surface area contributed by atoms with E-state index in [1.54, 1.807) is 0 Å². The zero-order valence-corrected chi connectivity index (χ0v) is 19.6. The van der Waals surface area contributed by atoms with Crippen LogP contribution in [0, 0.1) is 0 Å². The average molecular weight is 519 g/mol. The lowest BCUT2D eigenvalue weighted by Crippen LogP contribution is -2.48. The molecular weight excluding hydrogens is 491 g/mol. The van der Waals surface area contributed by atoms with Crippen LogP contribution in [0.3, 0.4) is 0 Å². The first-order valence-electron chi connectivity index (χ1n) is 9.25. The van der Waals surface area contributed by atoms with Gasteiger partial charge in [0.1, 0.15) is 0 Å². The number of hydrogen-bond acceptors (Lipinski definition) is 3. The van der Waals surface area contributed by atoms with Crippen molar-refractivity contribution >= 4 is 57.9 Å². The van der Waals surface area contributed by atoms with E-state index < -0.39 is 0 Å². The SMILES string of the molecule is CN=C(NCCCc1ccccc1Cl)NC1CCN(c2cccs2)CC1.I. The molecule has 0 unspecified atom stereocenters. The van der Waals surface area contributed by atoms with E-state index in [0.717, 1.165) is 56.3 Å². The lowest BCUT2D eigenvalue weighted by Gasteiger charge is -2.33. The first-order chi connectivity index (χ1) is 12.8. The number of aliphatic imine (C=N–C) groups is 1. The summed E-state index contributed by atoms with van der Waals surface area (Å²) in [6, 6.07) is 12.9. The van der Waals surface area contributed by atoms with Gasteiger partial charge in [-0.15, -0.1) is 35.3 Å². The normalized spacial score (nSPS) is 15.3. The Morgan fingerprint density at radius 1 is 1.22 bits per heavy atom. The van der Waals surface area contributed by atoms with Crippen molar-refractivity contribution in [3.63, 3.8) is 0 Å². The third kappa shape index (κ3) is 6.84. The van der Waals surface area contributed by atoms with Crippen LogP contribution in [0.1, 0.15) is 24.8 Å². The minimum atomic E-state index is 0. The molecule has 0 aliphatic carbocycles. The molecule has 2 heterocycles. The maximum Gasteiger partial charge on any atom is 0.191 e. The molecule has 2 aromatic rings. The maximum atomic E-state index is 6.21. The Morgan fingerprint density at radius 3 is 2.67 bits per heavy atom. The highest BCUT2D eigenvalue weighted by atomic mass is 127. The fraction of sp³-hybridized carbons (Fsp3) is 0.450. The van der Waals surface area contributed by atoms with Crippen molar-refractivity contribution in [1.29, 1.82) is 0 Å². The molecule has 0 spiro atoms. The molecule has 0 atom stereocenters. The van der Waals surface area contributed by atoms with Crippen LogP contribution in [0.15, 0.2) is 46.8 Å². The van der Waals surface area contributed by atoms with E-state index in [-0.39, 0.29) is 24.0 Å². The molecule has 1 aliphatic heterocycles. The predicted octanol–water partition coefficient (Wildman–Crippen LogP) is 4.79. The van der Waals surface area contributed by atoms with Gasteiger partial charge in [0.15, 0.2) is 5.96 Å². The highest BCUT2D eigenvalue weighted by molar-refractivity contribution is 14.0. The van der Waals surface area contributed by atoms with E-state index in [2.05, 4.69) is 44.1 Å². The van der Waals surface area contributed by atoms with Crippen LogP contribution in [0.4, 0.5) is 5.00 Å². The van der Waals surface area contributed by atoms with Crippen molar-refractivity contribution < 1.29 is 0 Å². The first kappa shape index (κ1) is 22.3. The molecule has 1 fully saturated rings. The summed E-state index contributed by atoms with van der Waals surface area (Å²) in [5.41, 5.74) is 1.21. The van der Waals surface area contributed by atoms with Crippen LogP contribution in [0.2, 0.25) is 5.02 Å². The largest absolute Gasteiger partial charge is 0.363 e. The fourth-order valence-electron chi connectivity index (χ4n) is 3.27. The highest BCUT2D eigenvalue weighted by Crippen LogP contribution is 2.24. The zero-order valence-electron chi connectivity index (χ0n) is 15.7.